The number of ether oxygens (including phenoxy) is 1. The topological polar surface area (TPSA) is 64.1 Å². The van der Waals surface area contributed by atoms with Crippen LogP contribution in [-0.4, -0.2) is 28.8 Å². The molecule has 1 aliphatic rings. The molecule has 1 aromatic rings. The van der Waals surface area contributed by atoms with Crippen LogP contribution in [0, 0.1) is 0 Å². The van der Waals surface area contributed by atoms with Gasteiger partial charge in [0.15, 0.2) is 0 Å². The Kier molecular flexibility index (Phi) is 7.09. The Morgan fingerprint density at radius 2 is 2.10 bits per heavy atom. The lowest BCUT2D eigenvalue weighted by Gasteiger charge is -2.06. The quantitative estimate of drug-likeness (QED) is 0.708. The van der Waals surface area contributed by atoms with Gasteiger partial charge in [0.05, 0.1) is 0 Å². The van der Waals surface area contributed by atoms with Crippen molar-refractivity contribution in [2.45, 2.75) is 70.8 Å². The summed E-state index contributed by atoms with van der Waals surface area (Å²) in [7, 11) is 0. The number of aryl methyl sites for hydroxylation is 1. The first kappa shape index (κ1) is 16.4. The van der Waals surface area contributed by atoms with Gasteiger partial charge >= 0.3 is 0 Å². The molecule has 118 valence electrons. The van der Waals surface area contributed by atoms with Crippen molar-refractivity contribution >= 4 is 22.4 Å². The molecule has 1 fully saturated rings. The lowest BCUT2D eigenvalue weighted by atomic mass is 10.1. The van der Waals surface area contributed by atoms with E-state index in [9.17, 15) is 4.79 Å². The molecule has 1 unspecified atom stereocenters. The SMILES string of the molecule is CCCCCCCCc1nnc(NC(=O)C2CCCO2)s1. The minimum Gasteiger partial charge on any atom is -0.368 e. The van der Waals surface area contributed by atoms with Gasteiger partial charge in [-0.1, -0.05) is 50.4 Å². The standard InChI is InChI=1S/C15H25N3O2S/c1-2-3-4-5-6-7-10-13-17-18-15(21-13)16-14(19)12-9-8-11-20-12/h12H,2-11H2,1H3,(H,16,18,19). The van der Waals surface area contributed by atoms with Crippen molar-refractivity contribution in [1.29, 1.82) is 0 Å². The van der Waals surface area contributed by atoms with E-state index in [0.717, 1.165) is 30.7 Å². The van der Waals surface area contributed by atoms with Crippen molar-refractivity contribution in [3.05, 3.63) is 5.01 Å². The second kappa shape index (κ2) is 9.10. The van der Waals surface area contributed by atoms with Crippen molar-refractivity contribution in [2.75, 3.05) is 11.9 Å². The van der Waals surface area contributed by atoms with Crippen molar-refractivity contribution in [3.63, 3.8) is 0 Å². The summed E-state index contributed by atoms with van der Waals surface area (Å²) in [4.78, 5) is 11.9. The van der Waals surface area contributed by atoms with Crippen molar-refractivity contribution in [2.24, 2.45) is 0 Å². The maximum Gasteiger partial charge on any atom is 0.255 e. The molecular weight excluding hydrogens is 286 g/mol. The molecule has 0 aromatic carbocycles. The predicted octanol–water partition coefficient (Wildman–Crippen LogP) is 3.56. The van der Waals surface area contributed by atoms with Gasteiger partial charge in [-0.3, -0.25) is 10.1 Å². The zero-order chi connectivity index (χ0) is 14.9. The second-order valence-electron chi connectivity index (χ2n) is 5.51. The Morgan fingerprint density at radius 3 is 2.86 bits per heavy atom. The monoisotopic (exact) mass is 311 g/mol. The number of hydrogen-bond donors (Lipinski definition) is 1. The Balaban J connectivity index is 1.65. The van der Waals surface area contributed by atoms with Gasteiger partial charge in [-0.2, -0.15) is 0 Å². The van der Waals surface area contributed by atoms with Gasteiger partial charge in [-0.05, 0) is 19.3 Å². The first-order valence-corrected chi connectivity index (χ1v) is 8.86. The lowest BCUT2D eigenvalue weighted by Crippen LogP contribution is -2.26. The minimum atomic E-state index is -0.309. The van der Waals surface area contributed by atoms with Crippen LogP contribution in [-0.2, 0) is 16.0 Å². The summed E-state index contributed by atoms with van der Waals surface area (Å²) in [5, 5.41) is 12.6. The molecule has 6 heteroatoms. The van der Waals surface area contributed by atoms with Crippen LogP contribution in [0.3, 0.4) is 0 Å². The highest BCUT2D eigenvalue weighted by molar-refractivity contribution is 7.15. The third-order valence-electron chi connectivity index (χ3n) is 3.66. The van der Waals surface area contributed by atoms with Crippen LogP contribution >= 0.6 is 11.3 Å². The Hall–Kier alpha value is -1.01. The number of rotatable bonds is 9. The fourth-order valence-corrected chi connectivity index (χ4v) is 3.22. The first-order chi connectivity index (χ1) is 10.3. The van der Waals surface area contributed by atoms with Gasteiger partial charge in [0, 0.05) is 13.0 Å². The van der Waals surface area contributed by atoms with Crippen LogP contribution in [0.15, 0.2) is 0 Å². The number of carbonyl (C=O) groups is 1. The molecule has 0 saturated carbocycles. The van der Waals surface area contributed by atoms with Crippen molar-refractivity contribution in [1.82, 2.24) is 10.2 Å². The summed E-state index contributed by atoms with van der Waals surface area (Å²) in [5.41, 5.74) is 0. The Morgan fingerprint density at radius 1 is 1.29 bits per heavy atom. The van der Waals surface area contributed by atoms with E-state index in [1.807, 2.05) is 0 Å². The number of hydrogen-bond acceptors (Lipinski definition) is 5. The van der Waals surface area contributed by atoms with Crippen LogP contribution in [0.4, 0.5) is 5.13 Å². The molecule has 0 spiro atoms. The number of amides is 1. The maximum atomic E-state index is 11.9. The third-order valence-corrected chi connectivity index (χ3v) is 4.56. The third kappa shape index (κ3) is 5.71. The Labute approximate surface area is 130 Å². The molecule has 1 atom stereocenters. The molecule has 1 aromatic heterocycles. The molecule has 0 bridgehead atoms. The van der Waals surface area contributed by atoms with E-state index >= 15 is 0 Å². The Bertz CT molecular complexity index is 430. The summed E-state index contributed by atoms with van der Waals surface area (Å²) >= 11 is 1.48. The van der Waals surface area contributed by atoms with Gasteiger partial charge < -0.3 is 4.74 Å². The molecule has 1 N–H and O–H groups in total. The van der Waals surface area contributed by atoms with Crippen LogP contribution in [0.2, 0.25) is 0 Å². The van der Waals surface area contributed by atoms with Gasteiger partial charge in [0.25, 0.3) is 5.91 Å². The largest absolute Gasteiger partial charge is 0.368 e. The molecule has 0 aliphatic carbocycles. The zero-order valence-electron chi connectivity index (χ0n) is 12.8. The molecule has 1 saturated heterocycles. The number of anilines is 1. The molecule has 21 heavy (non-hydrogen) atoms. The van der Waals surface area contributed by atoms with E-state index in [-0.39, 0.29) is 12.0 Å². The second-order valence-corrected chi connectivity index (χ2v) is 6.57. The van der Waals surface area contributed by atoms with Crippen LogP contribution < -0.4 is 5.32 Å². The van der Waals surface area contributed by atoms with Crippen molar-refractivity contribution in [3.8, 4) is 0 Å². The van der Waals surface area contributed by atoms with Gasteiger partial charge in [-0.25, -0.2) is 0 Å². The van der Waals surface area contributed by atoms with Crippen LogP contribution in [0.1, 0.15) is 63.3 Å². The summed E-state index contributed by atoms with van der Waals surface area (Å²) in [5.74, 6) is -0.0882. The highest BCUT2D eigenvalue weighted by atomic mass is 32.1. The lowest BCUT2D eigenvalue weighted by molar-refractivity contribution is -0.124. The van der Waals surface area contributed by atoms with E-state index in [2.05, 4.69) is 22.4 Å². The number of aromatic nitrogens is 2. The fraction of sp³-hybridized carbons (Fsp3) is 0.800. The van der Waals surface area contributed by atoms with E-state index in [4.69, 9.17) is 4.74 Å². The van der Waals surface area contributed by atoms with Gasteiger partial charge in [-0.15, -0.1) is 10.2 Å². The summed E-state index contributed by atoms with van der Waals surface area (Å²) in [6, 6.07) is 0. The molecule has 2 rings (SSSR count). The number of unbranched alkanes of at least 4 members (excludes halogenated alkanes) is 5. The predicted molar refractivity (Wildman–Crippen MR) is 84.6 cm³/mol. The first-order valence-electron chi connectivity index (χ1n) is 8.04. The average molecular weight is 311 g/mol. The molecule has 1 amide bonds. The summed E-state index contributed by atoms with van der Waals surface area (Å²) in [6.45, 7) is 2.91. The van der Waals surface area contributed by atoms with E-state index in [1.165, 1.54) is 43.4 Å². The molecule has 5 nitrogen and oxygen atoms in total. The van der Waals surface area contributed by atoms with Gasteiger partial charge in [0.1, 0.15) is 11.1 Å². The zero-order valence-corrected chi connectivity index (χ0v) is 13.6. The van der Waals surface area contributed by atoms with Crippen LogP contribution in [0.5, 0.6) is 0 Å². The molecular formula is C15H25N3O2S. The summed E-state index contributed by atoms with van der Waals surface area (Å²) in [6.07, 6.45) is 10.0. The van der Waals surface area contributed by atoms with E-state index in [1.54, 1.807) is 0 Å². The van der Waals surface area contributed by atoms with E-state index < -0.39 is 0 Å². The van der Waals surface area contributed by atoms with E-state index in [0.29, 0.717) is 11.7 Å². The van der Waals surface area contributed by atoms with Gasteiger partial charge in [0.2, 0.25) is 5.13 Å². The van der Waals surface area contributed by atoms with Crippen LogP contribution in [0.25, 0.3) is 0 Å². The normalized spacial score (nSPS) is 18.0. The number of nitrogens with zero attached hydrogens (tertiary/aromatic N) is 2. The fourth-order valence-electron chi connectivity index (χ4n) is 2.43. The molecule has 0 radical (unpaired) electrons. The number of carbonyl (C=O) groups excluding carboxylic acids is 1. The minimum absolute atomic E-state index is 0.0882. The summed E-state index contributed by atoms with van der Waals surface area (Å²) < 4.78 is 5.35. The molecule has 1 aliphatic heterocycles. The average Bonchev–Trinajstić information content (AvgIpc) is 3.14. The number of nitrogens with one attached hydrogen (secondary N) is 1. The highest BCUT2D eigenvalue weighted by Crippen LogP contribution is 2.20. The maximum absolute atomic E-state index is 11.9. The van der Waals surface area contributed by atoms with Crippen molar-refractivity contribution < 1.29 is 9.53 Å². The highest BCUT2D eigenvalue weighted by Gasteiger charge is 2.24. The smallest absolute Gasteiger partial charge is 0.255 e. The molecule has 2 heterocycles.